The fourth-order valence-corrected chi connectivity index (χ4v) is 5.13. The Kier molecular flexibility index (Phi) is 5.45. The molecule has 0 radical (unpaired) electrons. The summed E-state index contributed by atoms with van der Waals surface area (Å²) in [5.74, 6) is -1.75. The van der Waals surface area contributed by atoms with Crippen molar-refractivity contribution < 1.29 is 23.1 Å². The molecule has 2 aromatic heterocycles. The van der Waals surface area contributed by atoms with E-state index in [0.717, 1.165) is 11.3 Å². The first-order valence-corrected chi connectivity index (χ1v) is 11.5. The summed E-state index contributed by atoms with van der Waals surface area (Å²) < 4.78 is 24.6. The van der Waals surface area contributed by atoms with Crippen LogP contribution in [0.5, 0.6) is 0 Å². The van der Waals surface area contributed by atoms with Gasteiger partial charge in [-0.05, 0) is 49.7 Å². The summed E-state index contributed by atoms with van der Waals surface area (Å²) in [6.45, 7) is 3.51. The number of anilines is 1. The molecule has 1 unspecified atom stereocenters. The summed E-state index contributed by atoms with van der Waals surface area (Å²) in [6, 6.07) is 9.08. The predicted octanol–water partition coefficient (Wildman–Crippen LogP) is 5.28. The number of aromatic nitrogens is 1. The van der Waals surface area contributed by atoms with Crippen molar-refractivity contribution in [2.75, 3.05) is 11.5 Å². The summed E-state index contributed by atoms with van der Waals surface area (Å²) in [5.41, 5.74) is 0.743. The number of carbonyl (C=O) groups excluding carboxylic acids is 2. The normalized spacial score (nSPS) is 15.1. The van der Waals surface area contributed by atoms with Crippen LogP contribution in [-0.2, 0) is 4.74 Å². The number of hydrogen-bond acceptors (Lipinski definition) is 7. The maximum absolute atomic E-state index is 13.7. The van der Waals surface area contributed by atoms with E-state index in [1.807, 2.05) is 0 Å². The van der Waals surface area contributed by atoms with Gasteiger partial charge in [0.2, 0.25) is 5.76 Å². The second kappa shape index (κ2) is 8.34. The molecule has 2 aromatic carbocycles. The van der Waals surface area contributed by atoms with E-state index in [2.05, 4.69) is 4.98 Å². The Morgan fingerprint density at radius 2 is 1.97 bits per heavy atom. The minimum atomic E-state index is -0.941. The monoisotopic (exact) mass is 498 g/mol. The first-order chi connectivity index (χ1) is 16.3. The van der Waals surface area contributed by atoms with Gasteiger partial charge < -0.3 is 9.15 Å². The fourth-order valence-electron chi connectivity index (χ4n) is 3.97. The molecule has 5 rings (SSSR count). The number of thiazole rings is 1. The molecular weight excluding hydrogens is 483 g/mol. The Balaban J connectivity index is 1.75. The second-order valence-corrected chi connectivity index (χ2v) is 8.99. The standard InChI is InChI=1S/C24H16ClFN2O5S/c1-3-32-23(31)21-11(2)27-24(34-21)28-18(12-4-7-14(26)8-5-12)17-19(29)15-10-13(25)6-9-16(15)33-20(17)22(28)30/h4-10,18H,3H2,1-2H3. The first-order valence-electron chi connectivity index (χ1n) is 10.3. The number of fused-ring (bicyclic) bond motifs is 2. The van der Waals surface area contributed by atoms with E-state index in [1.54, 1.807) is 19.9 Å². The number of hydrogen-bond donors (Lipinski definition) is 0. The minimum absolute atomic E-state index is 0.0944. The quantitative estimate of drug-likeness (QED) is 0.356. The van der Waals surface area contributed by atoms with Crippen LogP contribution in [0.1, 0.15) is 50.0 Å². The Bertz CT molecular complexity index is 1530. The van der Waals surface area contributed by atoms with E-state index >= 15 is 0 Å². The van der Waals surface area contributed by atoms with Gasteiger partial charge in [-0.3, -0.25) is 14.5 Å². The molecule has 0 N–H and O–H groups in total. The van der Waals surface area contributed by atoms with Crippen molar-refractivity contribution in [1.29, 1.82) is 0 Å². The van der Waals surface area contributed by atoms with Crippen molar-refractivity contribution in [3.8, 4) is 0 Å². The van der Waals surface area contributed by atoms with Crippen LogP contribution >= 0.6 is 22.9 Å². The summed E-state index contributed by atoms with van der Waals surface area (Å²) in [5, 5.41) is 0.747. The molecule has 172 valence electrons. The van der Waals surface area contributed by atoms with E-state index in [-0.39, 0.29) is 38.9 Å². The van der Waals surface area contributed by atoms with Gasteiger partial charge in [-0.2, -0.15) is 0 Å². The van der Waals surface area contributed by atoms with Crippen LogP contribution in [0.25, 0.3) is 11.0 Å². The Morgan fingerprint density at radius 3 is 2.68 bits per heavy atom. The third-order valence-corrected chi connectivity index (χ3v) is 6.84. The van der Waals surface area contributed by atoms with Gasteiger partial charge in [-0.25, -0.2) is 14.2 Å². The van der Waals surface area contributed by atoms with Gasteiger partial charge >= 0.3 is 5.97 Å². The highest BCUT2D eigenvalue weighted by Gasteiger charge is 2.45. The maximum Gasteiger partial charge on any atom is 0.350 e. The second-order valence-electron chi connectivity index (χ2n) is 7.58. The number of aryl methyl sites for hydroxylation is 1. The third-order valence-electron chi connectivity index (χ3n) is 5.47. The molecule has 0 spiro atoms. The fraction of sp³-hybridized carbons (Fsp3) is 0.167. The van der Waals surface area contributed by atoms with E-state index in [9.17, 15) is 18.8 Å². The molecule has 0 aliphatic carbocycles. The molecule has 0 saturated heterocycles. The topological polar surface area (TPSA) is 89.7 Å². The van der Waals surface area contributed by atoms with E-state index in [0.29, 0.717) is 16.3 Å². The van der Waals surface area contributed by atoms with Crippen molar-refractivity contribution >= 4 is 50.9 Å². The lowest BCUT2D eigenvalue weighted by atomic mass is 9.99. The summed E-state index contributed by atoms with van der Waals surface area (Å²) in [7, 11) is 0. The zero-order valence-electron chi connectivity index (χ0n) is 17.9. The Morgan fingerprint density at radius 1 is 1.24 bits per heavy atom. The van der Waals surface area contributed by atoms with Gasteiger partial charge in [0.05, 0.1) is 29.3 Å². The molecule has 1 amide bonds. The van der Waals surface area contributed by atoms with Crippen molar-refractivity contribution in [2.45, 2.75) is 19.9 Å². The molecule has 10 heteroatoms. The summed E-state index contributed by atoms with van der Waals surface area (Å²) in [6.07, 6.45) is 0. The van der Waals surface area contributed by atoms with Crippen molar-refractivity contribution in [2.24, 2.45) is 0 Å². The van der Waals surface area contributed by atoms with Crippen LogP contribution in [0.4, 0.5) is 9.52 Å². The number of rotatable bonds is 4. The Labute approximate surface area is 201 Å². The van der Waals surface area contributed by atoms with Crippen LogP contribution in [0.2, 0.25) is 5.02 Å². The molecule has 34 heavy (non-hydrogen) atoms. The highest BCUT2D eigenvalue weighted by Crippen LogP contribution is 2.43. The molecule has 7 nitrogen and oxygen atoms in total. The zero-order valence-corrected chi connectivity index (χ0v) is 19.5. The third kappa shape index (κ3) is 3.48. The van der Waals surface area contributed by atoms with Gasteiger partial charge in [-0.1, -0.05) is 35.1 Å². The van der Waals surface area contributed by atoms with Crippen LogP contribution in [0.15, 0.2) is 51.7 Å². The zero-order chi connectivity index (χ0) is 24.1. The van der Waals surface area contributed by atoms with Gasteiger partial charge in [0.25, 0.3) is 5.91 Å². The predicted molar refractivity (Wildman–Crippen MR) is 125 cm³/mol. The average Bonchev–Trinajstić information content (AvgIpc) is 3.33. The lowest BCUT2D eigenvalue weighted by Crippen LogP contribution is -2.29. The molecule has 0 saturated carbocycles. The van der Waals surface area contributed by atoms with Crippen LogP contribution < -0.4 is 10.3 Å². The molecular formula is C24H16ClFN2O5S. The van der Waals surface area contributed by atoms with Crippen molar-refractivity contribution in [3.63, 3.8) is 0 Å². The van der Waals surface area contributed by atoms with Crippen molar-refractivity contribution in [3.05, 3.63) is 91.0 Å². The Hall–Kier alpha value is -3.56. The maximum atomic E-state index is 13.7. The number of halogens is 2. The number of carbonyl (C=O) groups is 2. The van der Waals surface area contributed by atoms with Crippen LogP contribution in [-0.4, -0.2) is 23.5 Å². The molecule has 1 atom stereocenters. The first kappa shape index (κ1) is 22.2. The summed E-state index contributed by atoms with van der Waals surface area (Å²) >= 11 is 7.06. The molecule has 1 aliphatic rings. The largest absolute Gasteiger partial charge is 0.462 e. The van der Waals surface area contributed by atoms with Gasteiger partial charge in [0.15, 0.2) is 10.6 Å². The van der Waals surface area contributed by atoms with Crippen molar-refractivity contribution in [1.82, 2.24) is 4.98 Å². The number of amides is 1. The number of benzene rings is 2. The lowest BCUT2D eigenvalue weighted by molar-refractivity contribution is 0.0531. The summed E-state index contributed by atoms with van der Waals surface area (Å²) in [4.78, 5) is 45.4. The van der Waals surface area contributed by atoms with Crippen LogP contribution in [0, 0.1) is 12.7 Å². The van der Waals surface area contributed by atoms with Gasteiger partial charge in [-0.15, -0.1) is 0 Å². The molecule has 0 fully saturated rings. The lowest BCUT2D eigenvalue weighted by Gasteiger charge is -2.22. The number of ether oxygens (including phenoxy) is 1. The van der Waals surface area contributed by atoms with Crippen LogP contribution in [0.3, 0.4) is 0 Å². The van der Waals surface area contributed by atoms with Gasteiger partial charge in [0.1, 0.15) is 16.3 Å². The number of esters is 1. The average molecular weight is 499 g/mol. The van der Waals surface area contributed by atoms with E-state index in [4.69, 9.17) is 20.8 Å². The van der Waals surface area contributed by atoms with Gasteiger partial charge in [0, 0.05) is 5.02 Å². The highest BCUT2D eigenvalue weighted by molar-refractivity contribution is 7.17. The van der Waals surface area contributed by atoms with E-state index in [1.165, 1.54) is 41.3 Å². The van der Waals surface area contributed by atoms with E-state index < -0.39 is 29.2 Å². The molecule has 3 heterocycles. The molecule has 4 aromatic rings. The highest BCUT2D eigenvalue weighted by atomic mass is 35.5. The minimum Gasteiger partial charge on any atom is -0.462 e. The smallest absolute Gasteiger partial charge is 0.350 e. The SMILES string of the molecule is CCOC(=O)c1sc(N2C(=O)c3oc4ccc(Cl)cc4c(=O)c3C2c2ccc(F)cc2)nc1C. The molecule has 1 aliphatic heterocycles. The number of nitrogens with zero attached hydrogens (tertiary/aromatic N) is 2. The molecule has 0 bridgehead atoms.